The number of halogens is 2. The second-order valence-electron chi connectivity index (χ2n) is 6.86. The van der Waals surface area contributed by atoms with Crippen molar-refractivity contribution in [2.75, 3.05) is 0 Å². The quantitative estimate of drug-likeness (QED) is 0.781. The Hall–Kier alpha value is -1.92. The van der Waals surface area contributed by atoms with Crippen LogP contribution in [0.1, 0.15) is 33.3 Å². The third-order valence-corrected chi connectivity index (χ3v) is 4.27. The number of ether oxygens (including phenoxy) is 1. The van der Waals surface area contributed by atoms with Gasteiger partial charge in [0, 0.05) is 0 Å². The van der Waals surface area contributed by atoms with Crippen LogP contribution in [-0.4, -0.2) is 23.8 Å². The molecule has 0 atom stereocenters. The molecular formula is C19H22BF2O3. The molecule has 0 aliphatic carbocycles. The molecule has 0 unspecified atom stereocenters. The van der Waals surface area contributed by atoms with Crippen LogP contribution in [-0.2, 0) is 11.3 Å². The molecule has 0 spiro atoms. The Balaban J connectivity index is 2.07. The molecule has 0 saturated heterocycles. The minimum absolute atomic E-state index is 0.0538. The lowest BCUT2D eigenvalue weighted by molar-refractivity contribution is -0.0893. The first-order valence-electron chi connectivity index (χ1n) is 8.00. The molecular weight excluding hydrogens is 325 g/mol. The summed E-state index contributed by atoms with van der Waals surface area (Å²) in [7, 11) is 1.11. The second kappa shape index (κ2) is 7.54. The Morgan fingerprint density at radius 1 is 0.960 bits per heavy atom. The van der Waals surface area contributed by atoms with Crippen molar-refractivity contribution in [2.24, 2.45) is 0 Å². The molecule has 0 heterocycles. The zero-order valence-corrected chi connectivity index (χ0v) is 14.8. The minimum Gasteiger partial charge on any atom is -0.486 e. The fraction of sp³-hybridized carbons (Fsp3) is 0.368. The van der Waals surface area contributed by atoms with E-state index in [-0.39, 0.29) is 17.8 Å². The molecule has 0 aliphatic heterocycles. The van der Waals surface area contributed by atoms with Crippen molar-refractivity contribution >= 4 is 12.9 Å². The highest BCUT2D eigenvalue weighted by atomic mass is 19.2. The van der Waals surface area contributed by atoms with E-state index in [2.05, 4.69) is 0 Å². The second-order valence-corrected chi connectivity index (χ2v) is 6.86. The zero-order chi connectivity index (χ0) is 18.7. The van der Waals surface area contributed by atoms with E-state index in [0.29, 0.717) is 0 Å². The van der Waals surface area contributed by atoms with Crippen LogP contribution in [0.15, 0.2) is 42.5 Å². The molecule has 0 fully saturated rings. The normalized spacial score (nSPS) is 12.1. The van der Waals surface area contributed by atoms with Crippen molar-refractivity contribution in [2.45, 2.75) is 45.5 Å². The van der Waals surface area contributed by atoms with Gasteiger partial charge in [-0.1, -0.05) is 36.4 Å². The summed E-state index contributed by atoms with van der Waals surface area (Å²) in [5, 5.41) is 10.0. The van der Waals surface area contributed by atoms with Gasteiger partial charge < -0.3 is 14.5 Å². The number of benzene rings is 2. The summed E-state index contributed by atoms with van der Waals surface area (Å²) >= 11 is 0. The molecule has 0 aliphatic rings. The summed E-state index contributed by atoms with van der Waals surface area (Å²) in [4.78, 5) is 0. The Morgan fingerprint density at radius 2 is 1.60 bits per heavy atom. The molecule has 0 bridgehead atoms. The molecule has 2 aromatic carbocycles. The highest BCUT2D eigenvalue weighted by Crippen LogP contribution is 2.25. The van der Waals surface area contributed by atoms with Gasteiger partial charge in [0.15, 0.2) is 17.4 Å². The van der Waals surface area contributed by atoms with Crippen molar-refractivity contribution in [3.63, 3.8) is 0 Å². The summed E-state index contributed by atoms with van der Waals surface area (Å²) in [6.07, 6.45) is 0. The lowest BCUT2D eigenvalue weighted by Crippen LogP contribution is -2.49. The van der Waals surface area contributed by atoms with Gasteiger partial charge in [0.05, 0.1) is 11.2 Å². The zero-order valence-electron chi connectivity index (χ0n) is 14.8. The maximum atomic E-state index is 14.2. The van der Waals surface area contributed by atoms with Gasteiger partial charge in [0.2, 0.25) is 0 Å². The first-order chi connectivity index (χ1) is 11.6. The standard InChI is InChI=1S/C19H22BF2O3/c1-18(2,23)19(3,4)25-20-14-10-11-15(17(22)16(14)21)24-12-13-8-6-5-7-9-13/h5-11,23H,12H2,1-4H3. The molecule has 0 saturated carbocycles. The van der Waals surface area contributed by atoms with Crippen LogP contribution in [0.4, 0.5) is 8.78 Å². The number of rotatable bonds is 7. The molecule has 2 aromatic rings. The van der Waals surface area contributed by atoms with Gasteiger partial charge in [-0.15, -0.1) is 0 Å². The van der Waals surface area contributed by atoms with Crippen molar-refractivity contribution in [3.8, 4) is 5.75 Å². The van der Waals surface area contributed by atoms with Gasteiger partial charge in [-0.2, -0.15) is 4.39 Å². The summed E-state index contributed by atoms with van der Waals surface area (Å²) in [5.41, 5.74) is -1.33. The third kappa shape index (κ3) is 4.80. The summed E-state index contributed by atoms with van der Waals surface area (Å²) < 4.78 is 39.2. The van der Waals surface area contributed by atoms with Gasteiger partial charge in [-0.25, -0.2) is 4.39 Å². The molecule has 3 nitrogen and oxygen atoms in total. The van der Waals surface area contributed by atoms with Crippen molar-refractivity contribution in [1.82, 2.24) is 0 Å². The first kappa shape index (κ1) is 19.4. The lowest BCUT2D eigenvalue weighted by atomic mass is 9.82. The van der Waals surface area contributed by atoms with Crippen molar-refractivity contribution in [1.29, 1.82) is 0 Å². The average molecular weight is 347 g/mol. The average Bonchev–Trinajstić information content (AvgIpc) is 2.55. The maximum Gasteiger partial charge on any atom is 0.334 e. The van der Waals surface area contributed by atoms with Crippen molar-refractivity contribution in [3.05, 3.63) is 59.7 Å². The molecule has 1 N–H and O–H groups in total. The molecule has 2 rings (SSSR count). The van der Waals surface area contributed by atoms with Crippen LogP contribution in [0, 0.1) is 11.6 Å². The predicted octanol–water partition coefficient (Wildman–Crippen LogP) is 3.35. The number of hydrogen-bond donors (Lipinski definition) is 1. The Kier molecular flexibility index (Phi) is 5.85. The SMILES string of the molecule is CC(C)(O)C(C)(C)O[B]c1ccc(OCc2ccccc2)c(F)c1F. The molecule has 6 heteroatoms. The van der Waals surface area contributed by atoms with Crippen LogP contribution >= 0.6 is 0 Å². The first-order valence-corrected chi connectivity index (χ1v) is 8.00. The van der Waals surface area contributed by atoms with Crippen molar-refractivity contribution < 1.29 is 23.3 Å². The fourth-order valence-electron chi connectivity index (χ4n) is 1.84. The minimum atomic E-state index is -1.16. The van der Waals surface area contributed by atoms with Gasteiger partial charge in [0.25, 0.3) is 0 Å². The van der Waals surface area contributed by atoms with Gasteiger partial charge in [0.1, 0.15) is 6.61 Å². The van der Waals surface area contributed by atoms with E-state index in [4.69, 9.17) is 9.39 Å². The highest BCUT2D eigenvalue weighted by molar-refractivity contribution is 6.47. The Labute approximate surface area is 147 Å². The predicted molar refractivity (Wildman–Crippen MR) is 94.0 cm³/mol. The lowest BCUT2D eigenvalue weighted by Gasteiger charge is -2.37. The summed E-state index contributed by atoms with van der Waals surface area (Å²) in [6, 6.07) is 12.0. The van der Waals surface area contributed by atoms with Gasteiger partial charge >= 0.3 is 7.48 Å². The van der Waals surface area contributed by atoms with E-state index >= 15 is 0 Å². The third-order valence-electron chi connectivity index (χ3n) is 4.27. The van der Waals surface area contributed by atoms with Gasteiger partial charge in [-0.3, -0.25) is 0 Å². The van der Waals surface area contributed by atoms with E-state index in [9.17, 15) is 13.9 Å². The summed E-state index contributed by atoms with van der Waals surface area (Å²) in [5.74, 6) is -2.30. The van der Waals surface area contributed by atoms with Gasteiger partial charge in [-0.05, 0) is 44.8 Å². The van der Waals surface area contributed by atoms with E-state index in [1.807, 2.05) is 30.3 Å². The smallest absolute Gasteiger partial charge is 0.334 e. The summed E-state index contributed by atoms with van der Waals surface area (Å²) in [6.45, 7) is 6.63. The van der Waals surface area contributed by atoms with E-state index in [1.165, 1.54) is 12.1 Å². The topological polar surface area (TPSA) is 38.7 Å². The molecule has 25 heavy (non-hydrogen) atoms. The molecule has 133 valence electrons. The van der Waals surface area contributed by atoms with Crippen LogP contribution in [0.2, 0.25) is 0 Å². The van der Waals surface area contributed by atoms with E-state index < -0.39 is 22.8 Å². The highest BCUT2D eigenvalue weighted by Gasteiger charge is 2.36. The van der Waals surface area contributed by atoms with Crippen LogP contribution in [0.3, 0.4) is 0 Å². The monoisotopic (exact) mass is 347 g/mol. The number of aliphatic hydroxyl groups is 1. The maximum absolute atomic E-state index is 14.2. The molecule has 0 amide bonds. The number of hydrogen-bond acceptors (Lipinski definition) is 3. The van der Waals surface area contributed by atoms with E-state index in [1.54, 1.807) is 27.7 Å². The Morgan fingerprint density at radius 3 is 2.20 bits per heavy atom. The van der Waals surface area contributed by atoms with Crippen LogP contribution in [0.5, 0.6) is 5.75 Å². The fourth-order valence-corrected chi connectivity index (χ4v) is 1.84. The molecule has 1 radical (unpaired) electrons. The van der Waals surface area contributed by atoms with E-state index in [0.717, 1.165) is 13.0 Å². The Bertz CT molecular complexity index is 713. The molecule has 0 aromatic heterocycles. The van der Waals surface area contributed by atoms with Crippen LogP contribution < -0.4 is 10.2 Å². The van der Waals surface area contributed by atoms with Crippen LogP contribution in [0.25, 0.3) is 0 Å². The largest absolute Gasteiger partial charge is 0.486 e.